The van der Waals surface area contributed by atoms with Gasteiger partial charge in [0, 0.05) is 35.9 Å². The minimum atomic E-state index is 0.688. The summed E-state index contributed by atoms with van der Waals surface area (Å²) >= 11 is 7.61. The third-order valence-electron chi connectivity index (χ3n) is 2.68. The van der Waals surface area contributed by atoms with Gasteiger partial charge in [-0.25, -0.2) is 0 Å². The van der Waals surface area contributed by atoms with Gasteiger partial charge in [0.15, 0.2) is 0 Å². The maximum Gasteiger partial charge on any atom is 0.100 e. The van der Waals surface area contributed by atoms with Crippen LogP contribution < -0.4 is 10.2 Å². The van der Waals surface area contributed by atoms with Gasteiger partial charge in [-0.3, -0.25) is 0 Å². The second-order valence-electron chi connectivity index (χ2n) is 4.32. The Kier molecular flexibility index (Phi) is 4.31. The summed E-state index contributed by atoms with van der Waals surface area (Å²) in [7, 11) is 3.99. The summed E-state index contributed by atoms with van der Waals surface area (Å²) < 4.78 is 0. The van der Waals surface area contributed by atoms with Gasteiger partial charge < -0.3 is 10.2 Å². The second kappa shape index (κ2) is 5.96. The van der Waals surface area contributed by atoms with Gasteiger partial charge in [0.1, 0.15) is 6.07 Å². The van der Waals surface area contributed by atoms with Gasteiger partial charge in [-0.2, -0.15) is 5.26 Å². The molecule has 1 aromatic carbocycles. The number of thiophene rings is 1. The quantitative estimate of drug-likeness (QED) is 0.927. The second-order valence-corrected chi connectivity index (χ2v) is 5.76. The Balaban J connectivity index is 2.14. The highest BCUT2D eigenvalue weighted by Crippen LogP contribution is 2.28. The Morgan fingerprint density at radius 1 is 1.37 bits per heavy atom. The minimum absolute atomic E-state index is 0.688. The number of nitrogens with one attached hydrogen (secondary N) is 1. The molecule has 0 atom stereocenters. The first kappa shape index (κ1) is 13.7. The molecular weight excluding hydrogens is 278 g/mol. The Bertz CT molecular complexity index is 613. The standard InChI is InChI=1S/C14H14ClN3S/c1-18(2)14-4-3-11(15)6-13(14)17-8-12-5-10(7-16)9-19-12/h3-6,9,17H,8H2,1-2H3. The highest BCUT2D eigenvalue weighted by Gasteiger charge is 2.06. The number of halogens is 1. The zero-order chi connectivity index (χ0) is 13.8. The van der Waals surface area contributed by atoms with E-state index in [2.05, 4.69) is 11.4 Å². The highest BCUT2D eigenvalue weighted by atomic mass is 35.5. The molecule has 0 saturated carbocycles. The third kappa shape index (κ3) is 3.40. The summed E-state index contributed by atoms with van der Waals surface area (Å²) in [5, 5.41) is 14.7. The lowest BCUT2D eigenvalue weighted by Crippen LogP contribution is -2.11. The van der Waals surface area contributed by atoms with Crippen molar-refractivity contribution in [1.29, 1.82) is 5.26 Å². The third-order valence-corrected chi connectivity index (χ3v) is 3.85. The van der Waals surface area contributed by atoms with E-state index in [-0.39, 0.29) is 0 Å². The smallest absolute Gasteiger partial charge is 0.100 e. The summed E-state index contributed by atoms with van der Waals surface area (Å²) in [4.78, 5) is 3.16. The number of nitriles is 1. The molecule has 0 fully saturated rings. The first-order chi connectivity index (χ1) is 9.10. The van der Waals surface area contributed by atoms with Gasteiger partial charge >= 0.3 is 0 Å². The lowest BCUT2D eigenvalue weighted by molar-refractivity contribution is 1.11. The number of hydrogen-bond acceptors (Lipinski definition) is 4. The van der Waals surface area contributed by atoms with Gasteiger partial charge in [0.25, 0.3) is 0 Å². The molecule has 3 nitrogen and oxygen atoms in total. The maximum atomic E-state index is 8.80. The predicted molar refractivity (Wildman–Crippen MR) is 82.1 cm³/mol. The van der Waals surface area contributed by atoms with E-state index in [1.807, 2.05) is 48.6 Å². The number of benzene rings is 1. The van der Waals surface area contributed by atoms with Gasteiger partial charge in [0.05, 0.1) is 16.9 Å². The molecule has 1 aromatic heterocycles. The van der Waals surface area contributed by atoms with E-state index in [9.17, 15) is 0 Å². The molecule has 0 aliphatic rings. The Labute approximate surface area is 122 Å². The molecule has 1 heterocycles. The fourth-order valence-corrected chi connectivity index (χ4v) is 2.68. The van der Waals surface area contributed by atoms with Crippen LogP contribution in [0.15, 0.2) is 29.6 Å². The van der Waals surface area contributed by atoms with Crippen LogP contribution in [0, 0.1) is 11.3 Å². The molecule has 0 bridgehead atoms. The molecule has 0 unspecified atom stereocenters. The molecule has 98 valence electrons. The number of rotatable bonds is 4. The van der Waals surface area contributed by atoms with Crippen LogP contribution in [0.3, 0.4) is 0 Å². The molecular formula is C14H14ClN3S. The Morgan fingerprint density at radius 2 is 2.16 bits per heavy atom. The molecule has 2 rings (SSSR count). The normalized spacial score (nSPS) is 10.0. The lowest BCUT2D eigenvalue weighted by Gasteiger charge is -2.18. The fourth-order valence-electron chi connectivity index (χ4n) is 1.75. The van der Waals surface area contributed by atoms with Crippen LogP contribution in [0.25, 0.3) is 0 Å². The summed E-state index contributed by atoms with van der Waals surface area (Å²) in [6, 6.07) is 9.81. The average molecular weight is 292 g/mol. The van der Waals surface area contributed by atoms with E-state index in [1.54, 1.807) is 11.3 Å². The van der Waals surface area contributed by atoms with Gasteiger partial charge in [-0.1, -0.05) is 11.6 Å². The largest absolute Gasteiger partial charge is 0.378 e. The van der Waals surface area contributed by atoms with Crippen LogP contribution >= 0.6 is 22.9 Å². The lowest BCUT2D eigenvalue weighted by atomic mass is 10.2. The Morgan fingerprint density at radius 3 is 2.79 bits per heavy atom. The van der Waals surface area contributed by atoms with Crippen molar-refractivity contribution in [3.63, 3.8) is 0 Å². The SMILES string of the molecule is CN(C)c1ccc(Cl)cc1NCc1cc(C#N)cs1. The van der Waals surface area contributed by atoms with Crippen molar-refractivity contribution >= 4 is 34.3 Å². The molecule has 5 heteroatoms. The van der Waals surface area contributed by atoms with Crippen molar-refractivity contribution in [2.24, 2.45) is 0 Å². The summed E-state index contributed by atoms with van der Waals surface area (Å²) in [5.41, 5.74) is 2.78. The van der Waals surface area contributed by atoms with Crippen LogP contribution in [0.4, 0.5) is 11.4 Å². The van der Waals surface area contributed by atoms with Gasteiger partial charge in [0.2, 0.25) is 0 Å². The van der Waals surface area contributed by atoms with Crippen molar-refractivity contribution in [3.05, 3.63) is 45.1 Å². The zero-order valence-corrected chi connectivity index (χ0v) is 12.3. The van der Waals surface area contributed by atoms with Crippen molar-refractivity contribution in [1.82, 2.24) is 0 Å². The van der Waals surface area contributed by atoms with E-state index in [0.29, 0.717) is 17.1 Å². The fraction of sp³-hybridized carbons (Fsp3) is 0.214. The zero-order valence-electron chi connectivity index (χ0n) is 10.8. The first-order valence-corrected chi connectivity index (χ1v) is 7.04. The predicted octanol–water partition coefficient (Wildman–Crippen LogP) is 3.95. The van der Waals surface area contributed by atoms with Crippen molar-refractivity contribution < 1.29 is 0 Å². The van der Waals surface area contributed by atoms with Crippen LogP contribution in [-0.2, 0) is 6.54 Å². The molecule has 0 amide bonds. The van der Waals surface area contributed by atoms with Crippen LogP contribution in [0.1, 0.15) is 10.4 Å². The highest BCUT2D eigenvalue weighted by molar-refractivity contribution is 7.10. The monoisotopic (exact) mass is 291 g/mol. The van der Waals surface area contributed by atoms with Crippen LogP contribution in [-0.4, -0.2) is 14.1 Å². The van der Waals surface area contributed by atoms with Gasteiger partial charge in [-0.15, -0.1) is 11.3 Å². The minimum Gasteiger partial charge on any atom is -0.378 e. The van der Waals surface area contributed by atoms with E-state index >= 15 is 0 Å². The van der Waals surface area contributed by atoms with E-state index in [0.717, 1.165) is 16.3 Å². The number of anilines is 2. The number of hydrogen-bond donors (Lipinski definition) is 1. The number of nitrogens with zero attached hydrogens (tertiary/aromatic N) is 2. The van der Waals surface area contributed by atoms with E-state index < -0.39 is 0 Å². The molecule has 0 radical (unpaired) electrons. The van der Waals surface area contributed by atoms with Crippen molar-refractivity contribution in [3.8, 4) is 6.07 Å². The molecule has 0 saturated heterocycles. The maximum absolute atomic E-state index is 8.80. The van der Waals surface area contributed by atoms with Crippen LogP contribution in [0.2, 0.25) is 5.02 Å². The molecule has 19 heavy (non-hydrogen) atoms. The summed E-state index contributed by atoms with van der Waals surface area (Å²) in [6.45, 7) is 0.688. The summed E-state index contributed by atoms with van der Waals surface area (Å²) in [5.74, 6) is 0. The van der Waals surface area contributed by atoms with Gasteiger partial charge in [-0.05, 0) is 24.3 Å². The molecule has 0 spiro atoms. The first-order valence-electron chi connectivity index (χ1n) is 5.78. The topological polar surface area (TPSA) is 39.1 Å². The molecule has 2 aromatic rings. The summed E-state index contributed by atoms with van der Waals surface area (Å²) in [6.07, 6.45) is 0. The van der Waals surface area contributed by atoms with Crippen LogP contribution in [0.5, 0.6) is 0 Å². The van der Waals surface area contributed by atoms with E-state index in [1.165, 1.54) is 0 Å². The van der Waals surface area contributed by atoms with Crippen molar-refractivity contribution in [2.45, 2.75) is 6.54 Å². The Hall–Kier alpha value is -1.70. The van der Waals surface area contributed by atoms with E-state index in [4.69, 9.17) is 16.9 Å². The molecule has 0 aliphatic carbocycles. The van der Waals surface area contributed by atoms with Crippen molar-refractivity contribution in [2.75, 3.05) is 24.3 Å². The molecule has 1 N–H and O–H groups in total. The molecule has 0 aliphatic heterocycles. The average Bonchev–Trinajstić information content (AvgIpc) is 2.84.